The summed E-state index contributed by atoms with van der Waals surface area (Å²) >= 11 is 0. The van der Waals surface area contributed by atoms with Crippen molar-refractivity contribution in [3.63, 3.8) is 0 Å². The molecule has 1 aliphatic heterocycles. The number of benzene rings is 1. The maximum absolute atomic E-state index is 10.4. The van der Waals surface area contributed by atoms with Crippen LogP contribution in [0.3, 0.4) is 0 Å². The fourth-order valence-corrected chi connectivity index (χ4v) is 3.30. The fourth-order valence-electron chi connectivity index (χ4n) is 3.30. The van der Waals surface area contributed by atoms with E-state index in [1.54, 1.807) is 30.7 Å². The van der Waals surface area contributed by atoms with Crippen molar-refractivity contribution in [2.45, 2.75) is 32.4 Å². The number of phenolic OH excluding ortho intramolecular Hbond substituents is 1. The van der Waals surface area contributed by atoms with Crippen molar-refractivity contribution in [3.8, 4) is 22.7 Å². The molecule has 1 aliphatic rings. The van der Waals surface area contributed by atoms with Gasteiger partial charge in [0.25, 0.3) is 0 Å². The zero-order valence-corrected chi connectivity index (χ0v) is 15.3. The number of aromatic nitrogens is 6. The number of anilines is 1. The average Bonchev–Trinajstić information content (AvgIpc) is 3.33. The van der Waals surface area contributed by atoms with Crippen molar-refractivity contribution in [1.82, 2.24) is 35.5 Å². The lowest BCUT2D eigenvalue weighted by Gasteiger charge is -2.18. The summed E-state index contributed by atoms with van der Waals surface area (Å²) in [6, 6.07) is 6.07. The molecule has 0 aliphatic carbocycles. The highest BCUT2D eigenvalue weighted by molar-refractivity contribution is 5.67. The van der Waals surface area contributed by atoms with Crippen LogP contribution in [0.4, 0.5) is 5.95 Å². The second kappa shape index (κ2) is 7.28. The Balaban J connectivity index is 1.49. The second-order valence-corrected chi connectivity index (χ2v) is 6.92. The van der Waals surface area contributed by atoms with Crippen LogP contribution in [0.5, 0.6) is 5.75 Å². The van der Waals surface area contributed by atoms with E-state index in [0.29, 0.717) is 35.0 Å². The summed E-state index contributed by atoms with van der Waals surface area (Å²) in [7, 11) is 0. The van der Waals surface area contributed by atoms with Gasteiger partial charge in [-0.1, -0.05) is 13.8 Å². The smallest absolute Gasteiger partial charge is 0.245 e. The highest BCUT2D eigenvalue weighted by Gasteiger charge is 2.25. The lowest BCUT2D eigenvalue weighted by molar-refractivity contribution is 0.476. The molecule has 0 bridgehead atoms. The maximum atomic E-state index is 10.4. The molecular formula is C18H22N8O. The molecule has 3 aromatic rings. The Morgan fingerprint density at radius 2 is 2.00 bits per heavy atom. The van der Waals surface area contributed by atoms with Crippen molar-refractivity contribution in [2.75, 3.05) is 18.0 Å². The average molecular weight is 366 g/mol. The van der Waals surface area contributed by atoms with Crippen molar-refractivity contribution < 1.29 is 5.11 Å². The van der Waals surface area contributed by atoms with Gasteiger partial charge in [-0.05, 0) is 18.6 Å². The molecule has 2 aromatic heterocycles. The van der Waals surface area contributed by atoms with E-state index < -0.39 is 0 Å². The van der Waals surface area contributed by atoms with Crippen LogP contribution in [0.15, 0.2) is 36.8 Å². The maximum Gasteiger partial charge on any atom is 0.245 e. The molecule has 1 aromatic carbocycles. The third-order valence-corrected chi connectivity index (χ3v) is 4.50. The lowest BCUT2D eigenvalue weighted by Crippen LogP contribution is -2.37. The summed E-state index contributed by atoms with van der Waals surface area (Å²) in [5, 5.41) is 30.5. The van der Waals surface area contributed by atoms with E-state index in [1.807, 2.05) is 6.07 Å². The molecule has 140 valence electrons. The van der Waals surface area contributed by atoms with Crippen molar-refractivity contribution in [2.24, 2.45) is 0 Å². The fraction of sp³-hybridized carbons (Fsp3) is 0.389. The Morgan fingerprint density at radius 1 is 1.19 bits per heavy atom. The number of hydrogen-bond donors (Lipinski definition) is 2. The number of aromatic hydroxyl groups is 1. The van der Waals surface area contributed by atoms with Gasteiger partial charge in [0, 0.05) is 36.8 Å². The number of rotatable bonds is 5. The third kappa shape index (κ3) is 3.72. The van der Waals surface area contributed by atoms with E-state index in [0.717, 1.165) is 19.5 Å². The van der Waals surface area contributed by atoms with Crippen LogP contribution in [-0.4, -0.2) is 60.5 Å². The van der Waals surface area contributed by atoms with E-state index in [4.69, 9.17) is 0 Å². The summed E-state index contributed by atoms with van der Waals surface area (Å²) in [6.45, 7) is 6.07. The molecule has 1 atom stereocenters. The molecule has 0 saturated carbocycles. The topological polar surface area (TPSA) is 105 Å². The third-order valence-electron chi connectivity index (χ3n) is 4.50. The molecule has 4 rings (SSSR count). The van der Waals surface area contributed by atoms with Crippen LogP contribution in [0, 0.1) is 0 Å². The van der Waals surface area contributed by atoms with Gasteiger partial charge in [0.2, 0.25) is 5.95 Å². The van der Waals surface area contributed by atoms with Crippen molar-refractivity contribution >= 4 is 5.95 Å². The van der Waals surface area contributed by atoms with Gasteiger partial charge in [0.15, 0.2) is 0 Å². The van der Waals surface area contributed by atoms with Gasteiger partial charge in [-0.3, -0.25) is 0 Å². The molecule has 9 nitrogen and oxygen atoms in total. The molecule has 0 unspecified atom stereocenters. The molecule has 1 fully saturated rings. The summed E-state index contributed by atoms with van der Waals surface area (Å²) in [4.78, 5) is 8.01. The van der Waals surface area contributed by atoms with E-state index in [-0.39, 0.29) is 5.75 Å². The molecule has 9 heteroatoms. The molecule has 3 heterocycles. The first-order valence-corrected chi connectivity index (χ1v) is 9.01. The highest BCUT2D eigenvalue weighted by atomic mass is 16.3. The first-order chi connectivity index (χ1) is 13.1. The number of phenols is 1. The zero-order valence-electron chi connectivity index (χ0n) is 15.3. The van der Waals surface area contributed by atoms with Gasteiger partial charge < -0.3 is 15.3 Å². The minimum atomic E-state index is 0.0796. The Labute approximate surface area is 157 Å². The minimum Gasteiger partial charge on any atom is -0.507 e. The first-order valence-electron chi connectivity index (χ1n) is 9.01. The normalized spacial score (nSPS) is 17.0. The quantitative estimate of drug-likeness (QED) is 0.698. The summed E-state index contributed by atoms with van der Waals surface area (Å²) in [6.07, 6.45) is 5.87. The van der Waals surface area contributed by atoms with Crippen LogP contribution >= 0.6 is 0 Å². The van der Waals surface area contributed by atoms with Crippen LogP contribution < -0.4 is 10.2 Å². The molecule has 0 radical (unpaired) electrons. The Kier molecular flexibility index (Phi) is 4.68. The Morgan fingerprint density at radius 3 is 2.67 bits per heavy atom. The summed E-state index contributed by atoms with van der Waals surface area (Å²) in [5.41, 5.74) is 1.75. The van der Waals surface area contributed by atoms with Gasteiger partial charge in [0.05, 0.1) is 24.3 Å². The molecule has 2 N–H and O–H groups in total. The SMILES string of the molecule is CC(C)N[C@H]1CCN(c2ncc(-c3ccc(-n4nccn4)cc3O)nn2)C1. The molecule has 27 heavy (non-hydrogen) atoms. The molecular weight excluding hydrogens is 344 g/mol. The monoisotopic (exact) mass is 366 g/mol. The zero-order chi connectivity index (χ0) is 18.8. The molecule has 0 amide bonds. The van der Waals surface area contributed by atoms with Gasteiger partial charge in [-0.2, -0.15) is 15.0 Å². The van der Waals surface area contributed by atoms with Gasteiger partial charge in [-0.15, -0.1) is 10.2 Å². The van der Waals surface area contributed by atoms with Crippen LogP contribution in [0.25, 0.3) is 16.9 Å². The Hall–Kier alpha value is -3.07. The van der Waals surface area contributed by atoms with Crippen molar-refractivity contribution in [1.29, 1.82) is 0 Å². The summed E-state index contributed by atoms with van der Waals surface area (Å²) < 4.78 is 0. The van der Waals surface area contributed by atoms with Crippen molar-refractivity contribution in [3.05, 3.63) is 36.8 Å². The van der Waals surface area contributed by atoms with E-state index in [1.165, 1.54) is 4.80 Å². The van der Waals surface area contributed by atoms with Gasteiger partial charge in [-0.25, -0.2) is 4.98 Å². The van der Waals surface area contributed by atoms with E-state index in [2.05, 4.69) is 49.4 Å². The van der Waals surface area contributed by atoms with E-state index in [9.17, 15) is 5.11 Å². The number of nitrogens with zero attached hydrogens (tertiary/aromatic N) is 7. The highest BCUT2D eigenvalue weighted by Crippen LogP contribution is 2.29. The lowest BCUT2D eigenvalue weighted by atomic mass is 10.1. The second-order valence-electron chi connectivity index (χ2n) is 6.92. The predicted octanol–water partition coefficient (Wildman–Crippen LogP) is 1.40. The minimum absolute atomic E-state index is 0.0796. The standard InChI is InChI=1S/C18H22N8O/c1-12(2)22-13-5-8-25(11-13)18-19-10-16(23-24-18)15-4-3-14(9-17(15)27)26-20-6-7-21-26/h3-4,6-7,9-10,12-13,22,27H,5,8,11H2,1-2H3/t13-/m0/s1. The Bertz CT molecular complexity index is 894. The summed E-state index contributed by atoms with van der Waals surface area (Å²) in [5.74, 6) is 0.694. The molecule has 0 spiro atoms. The van der Waals surface area contributed by atoms with Crippen LogP contribution in [0.1, 0.15) is 20.3 Å². The van der Waals surface area contributed by atoms with Crippen LogP contribution in [-0.2, 0) is 0 Å². The first kappa shape index (κ1) is 17.3. The van der Waals surface area contributed by atoms with E-state index >= 15 is 0 Å². The van der Waals surface area contributed by atoms with Gasteiger partial charge >= 0.3 is 0 Å². The predicted molar refractivity (Wildman–Crippen MR) is 101 cm³/mol. The number of hydrogen-bond acceptors (Lipinski definition) is 8. The largest absolute Gasteiger partial charge is 0.507 e. The van der Waals surface area contributed by atoms with Gasteiger partial charge in [0.1, 0.15) is 11.4 Å². The molecule has 1 saturated heterocycles. The van der Waals surface area contributed by atoms with Crippen LogP contribution in [0.2, 0.25) is 0 Å². The number of nitrogens with one attached hydrogen (secondary N) is 1.